The van der Waals surface area contributed by atoms with E-state index in [9.17, 15) is 0 Å². The predicted octanol–water partition coefficient (Wildman–Crippen LogP) is 2.83. The molecule has 0 fully saturated rings. The summed E-state index contributed by atoms with van der Waals surface area (Å²) >= 11 is 0. The van der Waals surface area contributed by atoms with Crippen LogP contribution in [0.3, 0.4) is 0 Å². The fraction of sp³-hybridized carbons (Fsp3) is 1.00. The maximum atomic E-state index is 5.93. The van der Waals surface area contributed by atoms with Crippen LogP contribution in [0.1, 0.15) is 47.5 Å². The first-order chi connectivity index (χ1) is 6.54. The molecule has 0 radical (unpaired) electrons. The van der Waals surface area contributed by atoms with Gasteiger partial charge in [0.15, 0.2) is 0 Å². The molecule has 2 nitrogen and oxygen atoms in total. The molecule has 0 rings (SSSR count). The van der Waals surface area contributed by atoms with Gasteiger partial charge in [-0.05, 0) is 32.2 Å². The van der Waals surface area contributed by atoms with E-state index in [4.69, 9.17) is 4.74 Å². The van der Waals surface area contributed by atoms with Crippen molar-refractivity contribution in [1.82, 2.24) is 5.32 Å². The first kappa shape index (κ1) is 13.9. The number of ether oxygens (including phenoxy) is 1. The molecule has 0 bridgehead atoms. The monoisotopic (exact) mass is 201 g/mol. The fourth-order valence-electron chi connectivity index (χ4n) is 1.21. The Kier molecular flexibility index (Phi) is 7.20. The summed E-state index contributed by atoms with van der Waals surface area (Å²) in [7, 11) is 0. The molecule has 0 saturated carbocycles. The van der Waals surface area contributed by atoms with E-state index in [1.165, 1.54) is 0 Å². The smallest absolute Gasteiger partial charge is 0.0775 e. The molecule has 2 heteroatoms. The number of rotatable bonds is 8. The molecule has 0 aliphatic heterocycles. The Balaban J connectivity index is 3.74. The fourth-order valence-corrected chi connectivity index (χ4v) is 1.21. The van der Waals surface area contributed by atoms with Gasteiger partial charge in [0, 0.05) is 13.2 Å². The zero-order valence-corrected chi connectivity index (χ0v) is 10.5. The van der Waals surface area contributed by atoms with Gasteiger partial charge < -0.3 is 10.1 Å². The summed E-state index contributed by atoms with van der Waals surface area (Å²) in [5, 5.41) is 3.35. The van der Waals surface area contributed by atoms with Crippen molar-refractivity contribution >= 4 is 0 Å². The van der Waals surface area contributed by atoms with E-state index in [1.807, 2.05) is 0 Å². The van der Waals surface area contributed by atoms with E-state index in [0.717, 1.165) is 38.5 Å². The number of likely N-dealkylation sites (N-methyl/N-ethyl adjacent to an activating group) is 1. The molecule has 0 aromatic carbocycles. The van der Waals surface area contributed by atoms with Crippen LogP contribution in [0.25, 0.3) is 0 Å². The van der Waals surface area contributed by atoms with Crippen molar-refractivity contribution in [2.75, 3.05) is 19.7 Å². The summed E-state index contributed by atoms with van der Waals surface area (Å²) in [4.78, 5) is 0. The molecule has 1 atom stereocenters. The van der Waals surface area contributed by atoms with Gasteiger partial charge in [0.1, 0.15) is 0 Å². The summed E-state index contributed by atoms with van der Waals surface area (Å²) in [6.07, 6.45) is 2.22. The zero-order chi connectivity index (χ0) is 11.0. The lowest BCUT2D eigenvalue weighted by atomic mass is 10.0. The Morgan fingerprint density at radius 1 is 1.29 bits per heavy atom. The molecule has 0 aliphatic rings. The minimum absolute atomic E-state index is 0.0188. The molecular formula is C12H27NO. The molecule has 0 spiro atoms. The molecule has 0 aromatic heterocycles. The lowest BCUT2D eigenvalue weighted by Gasteiger charge is -2.29. The van der Waals surface area contributed by atoms with E-state index in [2.05, 4.69) is 39.9 Å². The molecule has 86 valence electrons. The first-order valence-corrected chi connectivity index (χ1v) is 5.88. The number of hydrogen-bond donors (Lipinski definition) is 1. The third-order valence-corrected chi connectivity index (χ3v) is 2.64. The van der Waals surface area contributed by atoms with Gasteiger partial charge in [-0.2, -0.15) is 0 Å². The van der Waals surface area contributed by atoms with Crippen LogP contribution in [0, 0.1) is 5.92 Å². The van der Waals surface area contributed by atoms with Crippen LogP contribution < -0.4 is 5.32 Å². The van der Waals surface area contributed by atoms with E-state index in [0.29, 0.717) is 0 Å². The van der Waals surface area contributed by atoms with Crippen LogP contribution >= 0.6 is 0 Å². The van der Waals surface area contributed by atoms with E-state index < -0.39 is 0 Å². The Morgan fingerprint density at radius 2 is 1.93 bits per heavy atom. The van der Waals surface area contributed by atoms with Crippen molar-refractivity contribution in [3.05, 3.63) is 0 Å². The highest BCUT2D eigenvalue weighted by atomic mass is 16.5. The summed E-state index contributed by atoms with van der Waals surface area (Å²) < 4.78 is 5.93. The molecular weight excluding hydrogens is 174 g/mol. The lowest BCUT2D eigenvalue weighted by Crippen LogP contribution is -2.40. The van der Waals surface area contributed by atoms with Gasteiger partial charge in [0.2, 0.25) is 0 Å². The summed E-state index contributed by atoms with van der Waals surface area (Å²) in [6.45, 7) is 13.8. The Morgan fingerprint density at radius 3 is 2.36 bits per heavy atom. The van der Waals surface area contributed by atoms with Gasteiger partial charge >= 0.3 is 0 Å². The molecule has 1 N–H and O–H groups in total. The molecule has 0 amide bonds. The second-order valence-corrected chi connectivity index (χ2v) is 4.61. The van der Waals surface area contributed by atoms with Crippen LogP contribution in [0.15, 0.2) is 0 Å². The third kappa shape index (κ3) is 6.39. The highest BCUT2D eigenvalue weighted by Crippen LogP contribution is 2.15. The molecule has 0 aliphatic carbocycles. The molecule has 0 aromatic rings. The molecule has 1 unspecified atom stereocenters. The number of nitrogens with one attached hydrogen (secondary N) is 1. The number of hydrogen-bond acceptors (Lipinski definition) is 2. The van der Waals surface area contributed by atoms with Gasteiger partial charge in [0.05, 0.1) is 5.60 Å². The summed E-state index contributed by atoms with van der Waals surface area (Å²) in [5.41, 5.74) is 0.0188. The zero-order valence-electron chi connectivity index (χ0n) is 10.5. The van der Waals surface area contributed by atoms with Gasteiger partial charge in [-0.25, -0.2) is 0 Å². The second-order valence-electron chi connectivity index (χ2n) is 4.61. The van der Waals surface area contributed by atoms with Crippen molar-refractivity contribution < 1.29 is 4.74 Å². The highest BCUT2D eigenvalue weighted by Gasteiger charge is 2.21. The average Bonchev–Trinajstić information content (AvgIpc) is 2.14. The van der Waals surface area contributed by atoms with Crippen LogP contribution in [0.4, 0.5) is 0 Å². The van der Waals surface area contributed by atoms with Gasteiger partial charge in [0.25, 0.3) is 0 Å². The van der Waals surface area contributed by atoms with E-state index in [1.54, 1.807) is 0 Å². The quantitative estimate of drug-likeness (QED) is 0.652. The van der Waals surface area contributed by atoms with Crippen LogP contribution in [-0.2, 0) is 4.74 Å². The predicted molar refractivity (Wildman–Crippen MR) is 62.6 cm³/mol. The van der Waals surface area contributed by atoms with Crippen molar-refractivity contribution in [3.8, 4) is 0 Å². The van der Waals surface area contributed by atoms with Gasteiger partial charge in [-0.15, -0.1) is 0 Å². The van der Waals surface area contributed by atoms with Crippen LogP contribution in [-0.4, -0.2) is 25.3 Å². The Bertz CT molecular complexity index is 136. The van der Waals surface area contributed by atoms with Crippen molar-refractivity contribution in [2.24, 2.45) is 5.92 Å². The van der Waals surface area contributed by atoms with Crippen molar-refractivity contribution in [2.45, 2.75) is 53.1 Å². The second kappa shape index (κ2) is 7.24. The lowest BCUT2D eigenvalue weighted by molar-refractivity contribution is -0.0368. The maximum absolute atomic E-state index is 5.93. The van der Waals surface area contributed by atoms with E-state index >= 15 is 0 Å². The minimum atomic E-state index is 0.0188. The molecule has 14 heavy (non-hydrogen) atoms. The highest BCUT2D eigenvalue weighted by molar-refractivity contribution is 4.76. The molecule has 0 heterocycles. The first-order valence-electron chi connectivity index (χ1n) is 5.88. The largest absolute Gasteiger partial charge is 0.374 e. The minimum Gasteiger partial charge on any atom is -0.374 e. The maximum Gasteiger partial charge on any atom is 0.0775 e. The van der Waals surface area contributed by atoms with Gasteiger partial charge in [-0.1, -0.05) is 27.7 Å². The standard InChI is InChI=1S/C12H27NO/c1-6-12(5,10-13-7-2)14-9-8-11(3)4/h11,13H,6-10H2,1-5H3. The van der Waals surface area contributed by atoms with Crippen molar-refractivity contribution in [3.63, 3.8) is 0 Å². The van der Waals surface area contributed by atoms with E-state index in [-0.39, 0.29) is 5.60 Å². The summed E-state index contributed by atoms with van der Waals surface area (Å²) in [6, 6.07) is 0. The Hall–Kier alpha value is -0.0800. The average molecular weight is 201 g/mol. The third-order valence-electron chi connectivity index (χ3n) is 2.64. The van der Waals surface area contributed by atoms with Crippen LogP contribution in [0.2, 0.25) is 0 Å². The van der Waals surface area contributed by atoms with Gasteiger partial charge in [-0.3, -0.25) is 0 Å². The van der Waals surface area contributed by atoms with Crippen LogP contribution in [0.5, 0.6) is 0 Å². The topological polar surface area (TPSA) is 21.3 Å². The normalized spacial score (nSPS) is 15.9. The SMILES string of the molecule is CCNCC(C)(CC)OCCC(C)C. The Labute approximate surface area is 89.4 Å². The van der Waals surface area contributed by atoms with Crippen molar-refractivity contribution in [1.29, 1.82) is 0 Å². The molecule has 0 saturated heterocycles. The summed E-state index contributed by atoms with van der Waals surface area (Å²) in [5.74, 6) is 0.732.